The number of anilines is 1. The number of pyridine rings is 1. The minimum atomic E-state index is -3.72. The number of carbonyl (C=O) groups excluding carboxylic acids is 1. The molecule has 0 fully saturated rings. The predicted octanol–water partition coefficient (Wildman–Crippen LogP) is 5.22. The molecule has 10 heteroatoms. The molecule has 9 nitrogen and oxygen atoms in total. The lowest BCUT2D eigenvalue weighted by atomic mass is 10.0. The van der Waals surface area contributed by atoms with Gasteiger partial charge in [0, 0.05) is 16.6 Å². The van der Waals surface area contributed by atoms with Crippen molar-refractivity contribution in [2.45, 2.75) is 4.90 Å². The molecule has 0 amide bonds. The second-order valence-electron chi connectivity index (χ2n) is 8.69. The number of nitrogens with zero attached hydrogens (tertiary/aromatic N) is 4. The van der Waals surface area contributed by atoms with Crippen molar-refractivity contribution in [3.05, 3.63) is 109 Å². The summed E-state index contributed by atoms with van der Waals surface area (Å²) >= 11 is 0. The van der Waals surface area contributed by atoms with Gasteiger partial charge in [-0.25, -0.2) is 18.2 Å². The average Bonchev–Trinajstić information content (AvgIpc) is 3.42. The number of rotatable bonds is 6. The Morgan fingerprint density at radius 1 is 0.821 bits per heavy atom. The molecule has 39 heavy (non-hydrogen) atoms. The maximum atomic E-state index is 12.9. The van der Waals surface area contributed by atoms with Crippen LogP contribution < -0.4 is 4.72 Å². The molecule has 0 aliphatic rings. The topological polar surface area (TPSA) is 116 Å². The highest BCUT2D eigenvalue weighted by molar-refractivity contribution is 7.92. The number of para-hydroxylation sites is 1. The highest BCUT2D eigenvalue weighted by atomic mass is 32.2. The lowest BCUT2D eigenvalue weighted by molar-refractivity contribution is 0.0603. The van der Waals surface area contributed by atoms with Crippen LogP contribution in [0.15, 0.2) is 108 Å². The van der Waals surface area contributed by atoms with E-state index < -0.39 is 16.0 Å². The molecule has 0 saturated heterocycles. The van der Waals surface area contributed by atoms with E-state index in [-0.39, 0.29) is 4.90 Å². The van der Waals surface area contributed by atoms with E-state index >= 15 is 0 Å². The quantitative estimate of drug-likeness (QED) is 0.291. The number of ether oxygens (including phenoxy) is 1. The second-order valence-corrected chi connectivity index (χ2v) is 10.4. The van der Waals surface area contributed by atoms with E-state index in [1.807, 2.05) is 36.4 Å². The first-order valence-corrected chi connectivity index (χ1v) is 13.4. The molecule has 0 saturated carbocycles. The summed E-state index contributed by atoms with van der Waals surface area (Å²) in [7, 11) is -2.40. The second kappa shape index (κ2) is 9.66. The molecular weight excluding hydrogens is 514 g/mol. The Morgan fingerprint density at radius 2 is 1.49 bits per heavy atom. The number of hydrogen-bond donors (Lipinski definition) is 1. The standard InChI is InChI=1S/C29H21N5O4S/c1-38-29(35)23-18-26(19-12-14-20(15-13-19)33-39(36,37)22-10-6-3-7-11-22)30-24-16-17-25-28(27(23)24)32-34(31-25)21-8-4-2-5-9-21/h2-18,33H,1H3. The maximum absolute atomic E-state index is 12.9. The summed E-state index contributed by atoms with van der Waals surface area (Å²) in [5.74, 6) is -0.530. The Morgan fingerprint density at radius 3 is 2.18 bits per heavy atom. The summed E-state index contributed by atoms with van der Waals surface area (Å²) < 4.78 is 33.0. The lowest BCUT2D eigenvalue weighted by Gasteiger charge is -2.11. The maximum Gasteiger partial charge on any atom is 0.338 e. The fourth-order valence-electron chi connectivity index (χ4n) is 4.32. The van der Waals surface area contributed by atoms with E-state index in [1.54, 1.807) is 54.6 Å². The SMILES string of the molecule is COC(=O)c1cc(-c2ccc(NS(=O)(=O)c3ccccc3)cc2)nc2ccc3nn(-c4ccccc4)nc3c12. The first-order valence-electron chi connectivity index (χ1n) is 12.0. The number of methoxy groups -OCH3 is 1. The van der Waals surface area contributed by atoms with Gasteiger partial charge < -0.3 is 4.74 Å². The lowest BCUT2D eigenvalue weighted by Crippen LogP contribution is -2.12. The van der Waals surface area contributed by atoms with Gasteiger partial charge in [-0.3, -0.25) is 4.72 Å². The summed E-state index contributed by atoms with van der Waals surface area (Å²) in [6.45, 7) is 0. The summed E-state index contributed by atoms with van der Waals surface area (Å²) in [5.41, 5.74) is 4.40. The number of benzene rings is 4. The molecule has 0 aliphatic carbocycles. The molecule has 0 atom stereocenters. The molecule has 0 bridgehead atoms. The van der Waals surface area contributed by atoms with Crippen LogP contribution in [0.4, 0.5) is 5.69 Å². The third-order valence-corrected chi connectivity index (χ3v) is 7.60. The van der Waals surface area contributed by atoms with Crippen LogP contribution in [0.2, 0.25) is 0 Å². The molecular formula is C29H21N5O4S. The summed E-state index contributed by atoms with van der Waals surface area (Å²) in [6.07, 6.45) is 0. The Labute approximate surface area is 223 Å². The molecule has 2 aromatic heterocycles. The van der Waals surface area contributed by atoms with Crippen LogP contribution in [-0.2, 0) is 14.8 Å². The number of fused-ring (bicyclic) bond motifs is 3. The van der Waals surface area contributed by atoms with E-state index in [2.05, 4.69) is 14.9 Å². The summed E-state index contributed by atoms with van der Waals surface area (Å²) in [4.78, 5) is 19.4. The van der Waals surface area contributed by atoms with Gasteiger partial charge in [0.15, 0.2) is 0 Å². The van der Waals surface area contributed by atoms with Crippen molar-refractivity contribution in [2.75, 3.05) is 11.8 Å². The van der Waals surface area contributed by atoms with Gasteiger partial charge in [0.1, 0.15) is 11.0 Å². The van der Waals surface area contributed by atoms with Gasteiger partial charge in [-0.2, -0.15) is 4.80 Å². The molecule has 6 aromatic rings. The van der Waals surface area contributed by atoms with Crippen LogP contribution >= 0.6 is 0 Å². The molecule has 0 aliphatic heterocycles. The Bertz CT molecular complexity index is 1940. The van der Waals surface area contributed by atoms with Gasteiger partial charge in [0.05, 0.1) is 34.5 Å². The smallest absolute Gasteiger partial charge is 0.338 e. The third-order valence-electron chi connectivity index (χ3n) is 6.20. The van der Waals surface area contributed by atoms with Crippen molar-refractivity contribution in [1.82, 2.24) is 20.0 Å². The number of hydrogen-bond acceptors (Lipinski definition) is 7. The van der Waals surface area contributed by atoms with Crippen LogP contribution in [0.25, 0.3) is 38.9 Å². The Hall–Kier alpha value is -5.09. The van der Waals surface area contributed by atoms with Gasteiger partial charge in [0.2, 0.25) is 0 Å². The van der Waals surface area contributed by atoms with E-state index in [9.17, 15) is 13.2 Å². The van der Waals surface area contributed by atoms with Gasteiger partial charge in [-0.1, -0.05) is 48.5 Å². The molecule has 0 spiro atoms. The van der Waals surface area contributed by atoms with Crippen molar-refractivity contribution < 1.29 is 17.9 Å². The average molecular weight is 536 g/mol. The molecule has 0 unspecified atom stereocenters. The number of carbonyl (C=O) groups is 1. The van der Waals surface area contributed by atoms with Crippen LogP contribution in [0, 0.1) is 0 Å². The number of nitrogens with one attached hydrogen (secondary N) is 1. The van der Waals surface area contributed by atoms with Crippen molar-refractivity contribution in [3.8, 4) is 16.9 Å². The van der Waals surface area contributed by atoms with Crippen LogP contribution in [-0.4, -0.2) is 41.5 Å². The fourth-order valence-corrected chi connectivity index (χ4v) is 5.40. The Balaban J connectivity index is 1.41. The number of sulfonamides is 1. The zero-order chi connectivity index (χ0) is 27.0. The minimum Gasteiger partial charge on any atom is -0.465 e. The van der Waals surface area contributed by atoms with Crippen molar-refractivity contribution in [3.63, 3.8) is 0 Å². The highest BCUT2D eigenvalue weighted by Crippen LogP contribution is 2.31. The van der Waals surface area contributed by atoms with E-state index in [0.717, 1.165) is 5.69 Å². The molecule has 192 valence electrons. The number of aromatic nitrogens is 4. The van der Waals surface area contributed by atoms with Crippen molar-refractivity contribution >= 4 is 43.6 Å². The van der Waals surface area contributed by atoms with Crippen LogP contribution in [0.3, 0.4) is 0 Å². The van der Waals surface area contributed by atoms with Crippen LogP contribution in [0.5, 0.6) is 0 Å². The van der Waals surface area contributed by atoms with Gasteiger partial charge in [-0.05, 0) is 54.6 Å². The van der Waals surface area contributed by atoms with E-state index in [0.29, 0.717) is 44.4 Å². The van der Waals surface area contributed by atoms with Gasteiger partial charge in [0.25, 0.3) is 10.0 Å². The summed E-state index contributed by atoms with van der Waals surface area (Å²) in [6, 6.07) is 29.6. The van der Waals surface area contributed by atoms with E-state index in [1.165, 1.54) is 24.0 Å². The highest BCUT2D eigenvalue weighted by Gasteiger charge is 2.20. The van der Waals surface area contributed by atoms with Crippen LogP contribution in [0.1, 0.15) is 10.4 Å². The Kier molecular flexibility index (Phi) is 6.01. The monoisotopic (exact) mass is 535 g/mol. The predicted molar refractivity (Wildman–Crippen MR) is 148 cm³/mol. The molecule has 1 N–H and O–H groups in total. The molecule has 4 aromatic carbocycles. The normalized spacial score (nSPS) is 11.5. The minimum absolute atomic E-state index is 0.170. The zero-order valence-corrected chi connectivity index (χ0v) is 21.5. The molecule has 6 rings (SSSR count). The number of esters is 1. The first-order chi connectivity index (χ1) is 18.9. The molecule has 0 radical (unpaired) electrons. The first kappa shape index (κ1) is 24.3. The largest absolute Gasteiger partial charge is 0.465 e. The fraction of sp³-hybridized carbons (Fsp3) is 0.0345. The van der Waals surface area contributed by atoms with E-state index in [4.69, 9.17) is 9.72 Å². The van der Waals surface area contributed by atoms with Gasteiger partial charge >= 0.3 is 5.97 Å². The molecule has 2 heterocycles. The zero-order valence-electron chi connectivity index (χ0n) is 20.6. The summed E-state index contributed by atoms with van der Waals surface area (Å²) in [5, 5.41) is 9.76. The van der Waals surface area contributed by atoms with Gasteiger partial charge in [-0.15, -0.1) is 10.2 Å². The van der Waals surface area contributed by atoms with Crippen molar-refractivity contribution in [1.29, 1.82) is 0 Å². The van der Waals surface area contributed by atoms with Crippen molar-refractivity contribution in [2.24, 2.45) is 0 Å². The third kappa shape index (κ3) is 4.57.